The molecule has 0 radical (unpaired) electrons. The zero-order chi connectivity index (χ0) is 9.26. The molecule has 2 aromatic rings. The maximum absolute atomic E-state index is 5.88. The Kier molecular flexibility index (Phi) is 2.79. The fraction of sp³-hybridized carbons (Fsp3) is 0. The van der Waals surface area contributed by atoms with Crippen LogP contribution in [0.1, 0.15) is 0 Å². The first-order valence-electron chi connectivity index (χ1n) is 3.62. The Labute approximate surface area is 93.8 Å². The number of hydrogen-bond acceptors (Lipinski definition) is 3. The minimum atomic E-state index is 0.766. The predicted molar refractivity (Wildman–Crippen MR) is 63.5 cm³/mol. The van der Waals surface area contributed by atoms with Crippen LogP contribution in [-0.2, 0) is 0 Å². The van der Waals surface area contributed by atoms with Crippen molar-refractivity contribution < 1.29 is 0 Å². The SMILES string of the molecule is S=c1cc(-c2cccc(Cl)c2)ss1. The third-order valence-electron chi connectivity index (χ3n) is 1.57. The molecule has 1 heterocycles. The lowest BCUT2D eigenvalue weighted by Crippen LogP contribution is -1.70. The van der Waals surface area contributed by atoms with Gasteiger partial charge in [-0.2, -0.15) is 0 Å². The summed E-state index contributed by atoms with van der Waals surface area (Å²) in [6.45, 7) is 0. The first kappa shape index (κ1) is 9.34. The molecular formula is C9H5ClS3. The highest BCUT2D eigenvalue weighted by molar-refractivity contribution is 7.80. The van der Waals surface area contributed by atoms with Crippen LogP contribution in [-0.4, -0.2) is 0 Å². The van der Waals surface area contributed by atoms with E-state index >= 15 is 0 Å². The third kappa shape index (κ3) is 2.17. The topological polar surface area (TPSA) is 0 Å². The van der Waals surface area contributed by atoms with Gasteiger partial charge in [-0.3, -0.25) is 0 Å². The summed E-state index contributed by atoms with van der Waals surface area (Å²) in [5.41, 5.74) is 1.14. The van der Waals surface area contributed by atoms with Gasteiger partial charge in [0.05, 0.1) is 0 Å². The summed E-state index contributed by atoms with van der Waals surface area (Å²) in [6, 6.07) is 9.83. The Bertz CT molecular complexity index is 469. The predicted octanol–water partition coefficient (Wildman–Crippen LogP) is 4.86. The smallest absolute Gasteiger partial charge is 0.0843 e. The number of rotatable bonds is 1. The van der Waals surface area contributed by atoms with Gasteiger partial charge in [-0.25, -0.2) is 0 Å². The van der Waals surface area contributed by atoms with Crippen LogP contribution in [0.3, 0.4) is 0 Å². The van der Waals surface area contributed by atoms with E-state index in [1.54, 1.807) is 20.7 Å². The van der Waals surface area contributed by atoms with Crippen molar-refractivity contribution in [1.29, 1.82) is 0 Å². The van der Waals surface area contributed by atoms with Crippen molar-refractivity contribution in [3.8, 4) is 10.4 Å². The van der Waals surface area contributed by atoms with E-state index in [0.29, 0.717) is 0 Å². The zero-order valence-electron chi connectivity index (χ0n) is 6.49. The molecule has 66 valence electrons. The van der Waals surface area contributed by atoms with Crippen molar-refractivity contribution in [2.45, 2.75) is 0 Å². The van der Waals surface area contributed by atoms with Crippen molar-refractivity contribution in [2.75, 3.05) is 0 Å². The second-order valence-corrected chi connectivity index (χ2v) is 5.85. The van der Waals surface area contributed by atoms with Crippen LogP contribution in [0.4, 0.5) is 0 Å². The minimum absolute atomic E-state index is 0.766. The Morgan fingerprint density at radius 3 is 2.62 bits per heavy atom. The molecule has 0 aliphatic rings. The largest absolute Gasteiger partial charge is 0.102 e. The lowest BCUT2D eigenvalue weighted by atomic mass is 10.2. The summed E-state index contributed by atoms with van der Waals surface area (Å²) in [5.74, 6) is 0. The zero-order valence-corrected chi connectivity index (χ0v) is 9.69. The molecule has 0 N–H and O–H groups in total. The molecule has 0 saturated heterocycles. The van der Waals surface area contributed by atoms with E-state index in [9.17, 15) is 0 Å². The molecule has 0 bridgehead atoms. The molecule has 0 fully saturated rings. The van der Waals surface area contributed by atoms with Gasteiger partial charge in [0.25, 0.3) is 0 Å². The van der Waals surface area contributed by atoms with Gasteiger partial charge in [0.15, 0.2) is 0 Å². The fourth-order valence-corrected chi connectivity index (χ4v) is 3.60. The molecule has 1 aromatic heterocycles. The van der Waals surface area contributed by atoms with E-state index in [0.717, 1.165) is 14.4 Å². The van der Waals surface area contributed by atoms with Gasteiger partial charge in [0, 0.05) is 9.90 Å². The van der Waals surface area contributed by atoms with Crippen molar-refractivity contribution in [3.63, 3.8) is 0 Å². The minimum Gasteiger partial charge on any atom is -0.0843 e. The van der Waals surface area contributed by atoms with Crippen LogP contribution in [0.25, 0.3) is 10.4 Å². The summed E-state index contributed by atoms with van der Waals surface area (Å²) in [7, 11) is 3.31. The maximum atomic E-state index is 5.88. The summed E-state index contributed by atoms with van der Waals surface area (Å²) < 4.78 is 0.931. The highest BCUT2D eigenvalue weighted by atomic mass is 35.5. The number of benzene rings is 1. The Hall–Kier alpha value is -0.220. The average molecular weight is 245 g/mol. The summed E-state index contributed by atoms with van der Waals surface area (Å²) in [5, 5.41) is 0.766. The van der Waals surface area contributed by atoms with Crippen LogP contribution in [0, 0.1) is 3.82 Å². The van der Waals surface area contributed by atoms with Crippen molar-refractivity contribution >= 4 is 44.5 Å². The van der Waals surface area contributed by atoms with Gasteiger partial charge in [0.2, 0.25) is 0 Å². The second kappa shape index (κ2) is 3.88. The highest BCUT2D eigenvalue weighted by Gasteiger charge is 1.99. The third-order valence-corrected chi connectivity index (χ3v) is 4.72. The summed E-state index contributed by atoms with van der Waals surface area (Å²) >= 11 is 10.9. The monoisotopic (exact) mass is 244 g/mol. The standard InChI is InChI=1S/C9H5ClS3/c10-7-3-1-2-6(4-7)8-5-9(11)13-12-8/h1-5H. The van der Waals surface area contributed by atoms with Crippen LogP contribution in [0.5, 0.6) is 0 Å². The number of hydrogen-bond donors (Lipinski definition) is 0. The van der Waals surface area contributed by atoms with Gasteiger partial charge < -0.3 is 0 Å². The van der Waals surface area contributed by atoms with Crippen molar-refractivity contribution in [1.82, 2.24) is 0 Å². The summed E-state index contributed by atoms with van der Waals surface area (Å²) in [6.07, 6.45) is 0. The lowest BCUT2D eigenvalue weighted by Gasteiger charge is -1.95. The normalized spacial score (nSPS) is 10.2. The van der Waals surface area contributed by atoms with Crippen LogP contribution >= 0.6 is 44.5 Å². The van der Waals surface area contributed by atoms with E-state index < -0.39 is 0 Å². The molecule has 0 nitrogen and oxygen atoms in total. The van der Waals surface area contributed by atoms with Crippen molar-refractivity contribution in [2.24, 2.45) is 0 Å². The van der Waals surface area contributed by atoms with Crippen molar-refractivity contribution in [3.05, 3.63) is 39.2 Å². The van der Waals surface area contributed by atoms with Crippen LogP contribution in [0.2, 0.25) is 5.02 Å². The molecule has 0 saturated carbocycles. The molecule has 1 aromatic carbocycles. The van der Waals surface area contributed by atoms with E-state index in [1.165, 1.54) is 4.88 Å². The van der Waals surface area contributed by atoms with Crippen LogP contribution in [0.15, 0.2) is 30.3 Å². The molecule has 2 rings (SSSR count). The Balaban J connectivity index is 2.52. The van der Waals surface area contributed by atoms with Gasteiger partial charge in [-0.05, 0) is 23.8 Å². The molecule has 4 heteroatoms. The molecule has 0 aliphatic carbocycles. The Morgan fingerprint density at radius 2 is 2.00 bits per heavy atom. The van der Waals surface area contributed by atoms with E-state index in [1.807, 2.05) is 30.3 Å². The van der Waals surface area contributed by atoms with Gasteiger partial charge in [-0.1, -0.05) is 56.6 Å². The van der Waals surface area contributed by atoms with E-state index in [2.05, 4.69) is 0 Å². The van der Waals surface area contributed by atoms with Gasteiger partial charge >= 0.3 is 0 Å². The molecule has 0 atom stereocenters. The summed E-state index contributed by atoms with van der Waals surface area (Å²) in [4.78, 5) is 1.19. The molecule has 0 unspecified atom stereocenters. The maximum Gasteiger partial charge on any atom is 0.102 e. The Morgan fingerprint density at radius 1 is 1.15 bits per heavy atom. The molecule has 0 aliphatic heterocycles. The van der Waals surface area contributed by atoms with E-state index in [-0.39, 0.29) is 0 Å². The highest BCUT2D eigenvalue weighted by Crippen LogP contribution is 2.30. The van der Waals surface area contributed by atoms with Gasteiger partial charge in [-0.15, -0.1) is 0 Å². The first-order chi connectivity index (χ1) is 6.25. The molecular weight excluding hydrogens is 240 g/mol. The lowest BCUT2D eigenvalue weighted by molar-refractivity contribution is 1.70. The molecule has 0 spiro atoms. The van der Waals surface area contributed by atoms with E-state index in [4.69, 9.17) is 23.8 Å². The average Bonchev–Trinajstić information content (AvgIpc) is 2.52. The van der Waals surface area contributed by atoms with Crippen LogP contribution < -0.4 is 0 Å². The fourth-order valence-electron chi connectivity index (χ4n) is 1.01. The first-order valence-corrected chi connectivity index (χ1v) is 6.55. The quantitative estimate of drug-likeness (QED) is 0.510. The second-order valence-electron chi connectivity index (χ2n) is 2.50. The molecule has 0 amide bonds. The number of halogens is 1. The van der Waals surface area contributed by atoms with Gasteiger partial charge in [0.1, 0.15) is 3.82 Å². The molecule has 13 heavy (non-hydrogen) atoms.